The molecule has 4 aromatic carbocycles. The zero-order valence-electron chi connectivity index (χ0n) is 23.8. The Morgan fingerprint density at radius 1 is 0.561 bits per heavy atom. The first-order valence-corrected chi connectivity index (χ1v) is 14.1. The number of aromatic nitrogens is 4. The maximum atomic E-state index is 8.52. The number of anilines is 2. The van der Waals surface area contributed by atoms with Gasteiger partial charge in [-0.25, -0.2) is 9.97 Å². The second-order valence-electron chi connectivity index (χ2n) is 9.86. The average Bonchev–Trinajstić information content (AvgIpc) is 2.92. The van der Waals surface area contributed by atoms with Gasteiger partial charge >= 0.3 is 0 Å². The Hall–Kier alpha value is -4.45. The first-order valence-electron chi connectivity index (χ1n) is 12.7. The third kappa shape index (κ3) is 7.01. The van der Waals surface area contributed by atoms with E-state index in [2.05, 4.69) is 122 Å². The first-order chi connectivity index (χ1) is 19.3. The van der Waals surface area contributed by atoms with Crippen LogP contribution in [0.1, 0.15) is 0 Å². The summed E-state index contributed by atoms with van der Waals surface area (Å²) in [6.07, 6.45) is 0. The Kier molecular flexibility index (Phi) is 8.62. The fourth-order valence-electron chi connectivity index (χ4n) is 4.51. The highest BCUT2D eigenvalue weighted by atomic mass is 32.3. The van der Waals surface area contributed by atoms with E-state index in [1.165, 1.54) is 11.4 Å². The second kappa shape index (κ2) is 12.0. The zero-order valence-corrected chi connectivity index (χ0v) is 24.6. The average molecular weight is 573 g/mol. The lowest BCUT2D eigenvalue weighted by Crippen LogP contribution is -2.30. The van der Waals surface area contributed by atoms with Crippen molar-refractivity contribution in [2.45, 2.75) is 0 Å². The van der Waals surface area contributed by atoms with Gasteiger partial charge in [-0.2, -0.15) is 9.13 Å². The third-order valence-corrected chi connectivity index (χ3v) is 6.64. The van der Waals surface area contributed by atoms with Crippen LogP contribution in [0.2, 0.25) is 0 Å². The second-order valence-corrected chi connectivity index (χ2v) is 10.7. The van der Waals surface area contributed by atoms with Crippen molar-refractivity contribution in [2.24, 2.45) is 14.1 Å². The molecule has 2 aromatic heterocycles. The molecule has 0 radical (unpaired) electrons. The van der Waals surface area contributed by atoms with E-state index in [0.29, 0.717) is 0 Å². The molecule has 0 fully saturated rings. The Bertz CT molecular complexity index is 1840. The van der Waals surface area contributed by atoms with Gasteiger partial charge in [0, 0.05) is 74.2 Å². The van der Waals surface area contributed by atoms with Gasteiger partial charge in [0.1, 0.15) is 36.2 Å². The number of aryl methyl sites for hydroxylation is 2. The first kappa shape index (κ1) is 29.5. The van der Waals surface area contributed by atoms with Crippen molar-refractivity contribution in [2.75, 3.05) is 38.0 Å². The lowest BCUT2D eigenvalue weighted by Gasteiger charge is -2.12. The Morgan fingerprint density at radius 2 is 0.878 bits per heavy atom. The number of para-hydroxylation sites is 4. The van der Waals surface area contributed by atoms with E-state index in [1.54, 1.807) is 0 Å². The molecule has 0 amide bonds. The van der Waals surface area contributed by atoms with E-state index in [-0.39, 0.29) is 0 Å². The fourth-order valence-corrected chi connectivity index (χ4v) is 4.51. The molecule has 6 aromatic rings. The van der Waals surface area contributed by atoms with E-state index in [4.69, 9.17) is 27.5 Å². The molecule has 0 aliphatic rings. The fraction of sp³-hybridized carbons (Fsp3) is 0.200. The number of benzene rings is 4. The van der Waals surface area contributed by atoms with Gasteiger partial charge in [-0.3, -0.25) is 8.42 Å². The summed E-state index contributed by atoms with van der Waals surface area (Å²) in [5.74, 6) is 0. The number of hydrogen-bond acceptors (Lipinski definition) is 8. The molecule has 0 spiro atoms. The molecule has 0 unspecified atom stereocenters. The van der Waals surface area contributed by atoms with Gasteiger partial charge in [0.15, 0.2) is 0 Å². The molecule has 0 saturated heterocycles. The SMILES string of the molecule is CN(C)c1ccc2nc3ccccc3[n+](C)c2c1.CN(C)c1ccc2nc3ccccc3[n+](C)c2c1.O=S(=O)([O-])[O-]. The van der Waals surface area contributed by atoms with Crippen LogP contribution in [-0.2, 0) is 24.5 Å². The molecule has 6 rings (SSSR count). The lowest BCUT2D eigenvalue weighted by atomic mass is 10.2. The van der Waals surface area contributed by atoms with Crippen LogP contribution in [0.15, 0.2) is 84.9 Å². The summed E-state index contributed by atoms with van der Waals surface area (Å²) in [7, 11) is 7.22. The van der Waals surface area contributed by atoms with Crippen LogP contribution in [0.25, 0.3) is 44.1 Å². The highest BCUT2D eigenvalue weighted by Crippen LogP contribution is 2.20. The molecule has 212 valence electrons. The van der Waals surface area contributed by atoms with Gasteiger partial charge < -0.3 is 18.9 Å². The Labute approximate surface area is 239 Å². The van der Waals surface area contributed by atoms with Crippen molar-refractivity contribution >= 4 is 65.9 Å². The minimum Gasteiger partial charge on any atom is -0.759 e. The summed E-state index contributed by atoms with van der Waals surface area (Å²) in [5, 5.41) is 0. The topological polar surface area (TPSA) is 120 Å². The molecule has 41 heavy (non-hydrogen) atoms. The molecular weight excluding hydrogens is 540 g/mol. The molecule has 0 bridgehead atoms. The third-order valence-electron chi connectivity index (χ3n) is 6.64. The van der Waals surface area contributed by atoms with E-state index in [0.717, 1.165) is 44.1 Å². The summed E-state index contributed by atoms with van der Waals surface area (Å²) >= 11 is 0. The summed E-state index contributed by atoms with van der Waals surface area (Å²) in [6.45, 7) is 0. The van der Waals surface area contributed by atoms with Gasteiger partial charge in [-0.1, -0.05) is 24.3 Å². The number of fused-ring (bicyclic) bond motifs is 4. The summed E-state index contributed by atoms with van der Waals surface area (Å²) < 4.78 is 38.5. The number of nitrogens with zero attached hydrogens (tertiary/aromatic N) is 6. The molecule has 11 heteroatoms. The van der Waals surface area contributed by atoms with Crippen LogP contribution in [0.5, 0.6) is 0 Å². The van der Waals surface area contributed by atoms with E-state index < -0.39 is 10.4 Å². The Balaban J connectivity index is 0.000000163. The smallest absolute Gasteiger partial charge is 0.233 e. The van der Waals surface area contributed by atoms with Crippen LogP contribution in [0.4, 0.5) is 11.4 Å². The monoisotopic (exact) mass is 572 g/mol. The minimum absolute atomic E-state index is 1.03. The molecule has 0 N–H and O–H groups in total. The van der Waals surface area contributed by atoms with Crippen LogP contribution in [-0.4, -0.2) is 55.7 Å². The zero-order chi connectivity index (χ0) is 29.9. The quantitative estimate of drug-likeness (QED) is 0.134. The van der Waals surface area contributed by atoms with Gasteiger partial charge in [0.05, 0.1) is 0 Å². The van der Waals surface area contributed by atoms with Crippen molar-refractivity contribution in [3.63, 3.8) is 0 Å². The van der Waals surface area contributed by atoms with E-state index >= 15 is 0 Å². The maximum absolute atomic E-state index is 8.52. The van der Waals surface area contributed by atoms with Crippen molar-refractivity contribution in [1.29, 1.82) is 0 Å². The summed E-state index contributed by atoms with van der Waals surface area (Å²) in [6, 6.07) is 29.2. The molecule has 2 heterocycles. The van der Waals surface area contributed by atoms with Gasteiger partial charge in [-0.05, 0) is 36.4 Å². The standard InChI is InChI=1S/2C15H16N3.H2O4S/c2*1-17(2)11-8-9-13-15(10-11)18(3)14-7-5-4-6-12(14)16-13;1-5(2,3)4/h2*4-10H,1-3H3;(H2,1,2,3,4)/q2*+1;/p-2. The van der Waals surface area contributed by atoms with Crippen LogP contribution >= 0.6 is 0 Å². The van der Waals surface area contributed by atoms with E-state index in [1.807, 2.05) is 24.3 Å². The molecule has 0 aliphatic carbocycles. The van der Waals surface area contributed by atoms with Crippen molar-refractivity contribution in [1.82, 2.24) is 9.97 Å². The predicted molar refractivity (Wildman–Crippen MR) is 160 cm³/mol. The van der Waals surface area contributed by atoms with Crippen LogP contribution in [0.3, 0.4) is 0 Å². The predicted octanol–water partition coefficient (Wildman–Crippen LogP) is 3.22. The molecule has 0 saturated carbocycles. The highest BCUT2D eigenvalue weighted by molar-refractivity contribution is 7.79. The number of rotatable bonds is 2. The largest absolute Gasteiger partial charge is 0.759 e. The van der Waals surface area contributed by atoms with Crippen molar-refractivity contribution in [3.8, 4) is 0 Å². The van der Waals surface area contributed by atoms with Gasteiger partial charge in [0.2, 0.25) is 22.1 Å². The van der Waals surface area contributed by atoms with E-state index in [9.17, 15) is 0 Å². The maximum Gasteiger partial charge on any atom is 0.233 e. The summed E-state index contributed by atoms with van der Waals surface area (Å²) in [5.41, 5.74) is 11.1. The normalized spacial score (nSPS) is 11.1. The van der Waals surface area contributed by atoms with Gasteiger partial charge in [0.25, 0.3) is 0 Å². The lowest BCUT2D eigenvalue weighted by molar-refractivity contribution is -0.618. The number of hydrogen-bond donors (Lipinski definition) is 0. The van der Waals surface area contributed by atoms with Crippen molar-refractivity contribution < 1.29 is 26.7 Å². The van der Waals surface area contributed by atoms with Gasteiger partial charge in [-0.15, -0.1) is 0 Å². The molecule has 0 aliphatic heterocycles. The van der Waals surface area contributed by atoms with Crippen LogP contribution < -0.4 is 18.9 Å². The van der Waals surface area contributed by atoms with Crippen LogP contribution in [0, 0.1) is 0 Å². The minimum atomic E-state index is -5.17. The molecular formula is C30H32N6O4S. The Morgan fingerprint density at radius 3 is 1.22 bits per heavy atom. The highest BCUT2D eigenvalue weighted by Gasteiger charge is 2.14. The van der Waals surface area contributed by atoms with Crippen molar-refractivity contribution in [3.05, 3.63) is 84.9 Å². The molecule has 10 nitrogen and oxygen atoms in total. The molecule has 0 atom stereocenters. The summed E-state index contributed by atoms with van der Waals surface area (Å²) in [4.78, 5) is 13.6.